The summed E-state index contributed by atoms with van der Waals surface area (Å²) in [6.45, 7) is 4.19. The van der Waals surface area contributed by atoms with Crippen molar-refractivity contribution in [2.45, 2.75) is 38.8 Å². The summed E-state index contributed by atoms with van der Waals surface area (Å²) >= 11 is 0. The van der Waals surface area contributed by atoms with Crippen LogP contribution in [0.2, 0.25) is 0 Å². The van der Waals surface area contributed by atoms with Crippen LogP contribution in [0.5, 0.6) is 0 Å². The largest absolute Gasteiger partial charge is 0.391 e. The summed E-state index contributed by atoms with van der Waals surface area (Å²) in [5, 5.41) is 19.3. The van der Waals surface area contributed by atoms with Gasteiger partial charge in [-0.15, -0.1) is 0 Å². The molecule has 1 aromatic carbocycles. The third-order valence-electron chi connectivity index (χ3n) is 3.63. The zero-order chi connectivity index (χ0) is 16.7. The van der Waals surface area contributed by atoms with Crippen LogP contribution in [-0.4, -0.2) is 33.6 Å². The number of rotatable bonds is 7. The molecule has 3 N–H and O–H groups in total. The standard InChI is InChI=1S/C17H24N4O2/c1-3-5-16(22)12-18-17(23)20-13(2)14-6-8-15(9-7-14)21-11-4-10-19-21/h4,6-11,13,16,22H,3,5,12H2,1-2H3,(H2,18,20,23). The fourth-order valence-corrected chi connectivity index (χ4v) is 2.31. The number of urea groups is 1. The van der Waals surface area contributed by atoms with E-state index < -0.39 is 6.10 Å². The van der Waals surface area contributed by atoms with E-state index in [9.17, 15) is 9.90 Å². The van der Waals surface area contributed by atoms with Crippen LogP contribution in [-0.2, 0) is 0 Å². The van der Waals surface area contributed by atoms with E-state index in [4.69, 9.17) is 0 Å². The highest BCUT2D eigenvalue weighted by atomic mass is 16.3. The van der Waals surface area contributed by atoms with Gasteiger partial charge >= 0.3 is 6.03 Å². The number of benzene rings is 1. The Morgan fingerprint density at radius 1 is 1.35 bits per heavy atom. The maximum atomic E-state index is 11.8. The molecular weight excluding hydrogens is 292 g/mol. The van der Waals surface area contributed by atoms with Crippen LogP contribution >= 0.6 is 0 Å². The molecule has 0 saturated heterocycles. The topological polar surface area (TPSA) is 79.2 Å². The second-order valence-corrected chi connectivity index (χ2v) is 5.56. The van der Waals surface area contributed by atoms with Crippen molar-refractivity contribution in [3.63, 3.8) is 0 Å². The zero-order valence-electron chi connectivity index (χ0n) is 13.6. The first-order chi connectivity index (χ1) is 11.1. The van der Waals surface area contributed by atoms with E-state index in [0.29, 0.717) is 6.42 Å². The molecule has 0 aliphatic carbocycles. The van der Waals surface area contributed by atoms with E-state index in [-0.39, 0.29) is 18.6 Å². The van der Waals surface area contributed by atoms with E-state index in [2.05, 4.69) is 15.7 Å². The van der Waals surface area contributed by atoms with Crippen molar-refractivity contribution in [1.29, 1.82) is 0 Å². The van der Waals surface area contributed by atoms with Crippen LogP contribution in [0.3, 0.4) is 0 Å². The molecule has 2 atom stereocenters. The van der Waals surface area contributed by atoms with E-state index in [1.54, 1.807) is 10.9 Å². The average molecular weight is 316 g/mol. The van der Waals surface area contributed by atoms with Crippen molar-refractivity contribution < 1.29 is 9.90 Å². The van der Waals surface area contributed by atoms with Crippen LogP contribution in [0.4, 0.5) is 4.79 Å². The molecule has 0 saturated carbocycles. The summed E-state index contributed by atoms with van der Waals surface area (Å²) in [4.78, 5) is 11.8. The van der Waals surface area contributed by atoms with Crippen LogP contribution in [0.1, 0.15) is 38.3 Å². The minimum atomic E-state index is -0.491. The van der Waals surface area contributed by atoms with E-state index >= 15 is 0 Å². The second kappa shape index (κ2) is 8.33. The molecule has 1 heterocycles. The van der Waals surface area contributed by atoms with E-state index in [1.807, 2.05) is 50.4 Å². The normalized spacial score (nSPS) is 13.3. The number of aliphatic hydroxyl groups is 1. The number of hydrogen-bond donors (Lipinski definition) is 3. The minimum Gasteiger partial charge on any atom is -0.391 e. The molecule has 0 fully saturated rings. The number of carbonyl (C=O) groups is 1. The molecule has 2 rings (SSSR count). The Morgan fingerprint density at radius 3 is 2.70 bits per heavy atom. The molecule has 0 bridgehead atoms. The van der Waals surface area contributed by atoms with Crippen molar-refractivity contribution in [3.05, 3.63) is 48.3 Å². The second-order valence-electron chi connectivity index (χ2n) is 5.56. The summed E-state index contributed by atoms with van der Waals surface area (Å²) in [5.74, 6) is 0. The van der Waals surface area contributed by atoms with Gasteiger partial charge in [0, 0.05) is 18.9 Å². The van der Waals surface area contributed by atoms with Gasteiger partial charge < -0.3 is 15.7 Å². The average Bonchev–Trinajstić information content (AvgIpc) is 3.08. The van der Waals surface area contributed by atoms with Gasteiger partial charge in [0.05, 0.1) is 17.8 Å². The van der Waals surface area contributed by atoms with Gasteiger partial charge in [-0.1, -0.05) is 25.5 Å². The lowest BCUT2D eigenvalue weighted by Crippen LogP contribution is -2.40. The Bertz CT molecular complexity index is 596. The highest BCUT2D eigenvalue weighted by molar-refractivity contribution is 5.74. The van der Waals surface area contributed by atoms with Gasteiger partial charge in [0.1, 0.15) is 0 Å². The van der Waals surface area contributed by atoms with Gasteiger partial charge in [-0.2, -0.15) is 5.10 Å². The number of amides is 2. The molecule has 0 aliphatic rings. The third kappa shape index (κ3) is 5.10. The van der Waals surface area contributed by atoms with Gasteiger partial charge in [-0.05, 0) is 37.1 Å². The van der Waals surface area contributed by atoms with Gasteiger partial charge in [0.15, 0.2) is 0 Å². The van der Waals surface area contributed by atoms with Gasteiger partial charge in [-0.25, -0.2) is 9.48 Å². The Kier molecular flexibility index (Phi) is 6.17. The Labute approximate surface area is 136 Å². The van der Waals surface area contributed by atoms with Gasteiger partial charge in [0.25, 0.3) is 0 Å². The first kappa shape index (κ1) is 17.0. The SMILES string of the molecule is CCCC(O)CNC(=O)NC(C)c1ccc(-n2cccn2)cc1. The predicted octanol–water partition coefficient (Wildman–Crippen LogP) is 2.39. The summed E-state index contributed by atoms with van der Waals surface area (Å²) in [7, 11) is 0. The molecule has 6 heteroatoms. The predicted molar refractivity (Wildman–Crippen MR) is 89.4 cm³/mol. The molecule has 0 spiro atoms. The first-order valence-corrected chi connectivity index (χ1v) is 7.92. The lowest BCUT2D eigenvalue weighted by atomic mass is 10.1. The highest BCUT2D eigenvalue weighted by Crippen LogP contribution is 2.15. The van der Waals surface area contributed by atoms with Crippen LogP contribution in [0.15, 0.2) is 42.7 Å². The number of nitrogens with one attached hydrogen (secondary N) is 2. The molecule has 124 valence electrons. The van der Waals surface area contributed by atoms with Gasteiger partial charge in [-0.3, -0.25) is 0 Å². The molecule has 0 aliphatic heterocycles. The quantitative estimate of drug-likeness (QED) is 0.734. The van der Waals surface area contributed by atoms with Crippen molar-refractivity contribution in [1.82, 2.24) is 20.4 Å². The maximum Gasteiger partial charge on any atom is 0.315 e. The molecule has 1 aromatic heterocycles. The number of carbonyl (C=O) groups excluding carboxylic acids is 1. The molecule has 6 nitrogen and oxygen atoms in total. The van der Waals surface area contributed by atoms with Crippen molar-refractivity contribution in [2.75, 3.05) is 6.54 Å². The lowest BCUT2D eigenvalue weighted by molar-refractivity contribution is 0.160. The van der Waals surface area contributed by atoms with Crippen LogP contribution < -0.4 is 10.6 Å². The molecule has 0 radical (unpaired) electrons. The Hall–Kier alpha value is -2.34. The summed E-state index contributed by atoms with van der Waals surface area (Å²) in [6, 6.07) is 9.33. The monoisotopic (exact) mass is 316 g/mol. The highest BCUT2D eigenvalue weighted by Gasteiger charge is 2.11. The zero-order valence-corrected chi connectivity index (χ0v) is 13.6. The van der Waals surface area contributed by atoms with Crippen LogP contribution in [0.25, 0.3) is 5.69 Å². The summed E-state index contributed by atoms with van der Waals surface area (Å²) in [6.07, 6.45) is 4.70. The van der Waals surface area contributed by atoms with E-state index in [1.165, 1.54) is 0 Å². The number of aliphatic hydroxyl groups excluding tert-OH is 1. The van der Waals surface area contributed by atoms with Crippen molar-refractivity contribution in [2.24, 2.45) is 0 Å². The summed E-state index contributed by atoms with van der Waals surface area (Å²) in [5.41, 5.74) is 1.98. The minimum absolute atomic E-state index is 0.120. The lowest BCUT2D eigenvalue weighted by Gasteiger charge is -2.17. The molecule has 2 aromatic rings. The Morgan fingerprint density at radius 2 is 2.09 bits per heavy atom. The van der Waals surface area contributed by atoms with Crippen molar-refractivity contribution >= 4 is 6.03 Å². The Balaban J connectivity index is 1.85. The number of nitrogens with zero attached hydrogens (tertiary/aromatic N) is 2. The van der Waals surface area contributed by atoms with Crippen molar-refractivity contribution in [3.8, 4) is 5.69 Å². The molecular formula is C17H24N4O2. The number of aromatic nitrogens is 2. The third-order valence-corrected chi connectivity index (χ3v) is 3.63. The number of hydrogen-bond acceptors (Lipinski definition) is 3. The molecule has 2 unspecified atom stereocenters. The fraction of sp³-hybridized carbons (Fsp3) is 0.412. The van der Waals surface area contributed by atoms with E-state index in [0.717, 1.165) is 17.7 Å². The smallest absolute Gasteiger partial charge is 0.315 e. The fourth-order valence-electron chi connectivity index (χ4n) is 2.31. The first-order valence-electron chi connectivity index (χ1n) is 7.92. The summed E-state index contributed by atoms with van der Waals surface area (Å²) < 4.78 is 1.78. The maximum absolute atomic E-state index is 11.8. The van der Waals surface area contributed by atoms with Gasteiger partial charge in [0.2, 0.25) is 0 Å². The molecule has 23 heavy (non-hydrogen) atoms. The van der Waals surface area contributed by atoms with Crippen LogP contribution in [0, 0.1) is 0 Å². The molecule has 2 amide bonds.